The topological polar surface area (TPSA) is 114 Å². The van der Waals surface area contributed by atoms with Crippen LogP contribution in [0.3, 0.4) is 0 Å². The Bertz CT molecular complexity index is 790. The Labute approximate surface area is 166 Å². The molecule has 9 nitrogen and oxygen atoms in total. The minimum absolute atomic E-state index is 0.0586. The highest BCUT2D eigenvalue weighted by Crippen LogP contribution is 2.29. The summed E-state index contributed by atoms with van der Waals surface area (Å²) in [5.41, 5.74) is 1.36. The Morgan fingerprint density at radius 3 is 2.61 bits per heavy atom. The highest BCUT2D eigenvalue weighted by molar-refractivity contribution is 7.99. The van der Waals surface area contributed by atoms with Crippen molar-refractivity contribution in [3.8, 4) is 0 Å². The van der Waals surface area contributed by atoms with E-state index in [2.05, 4.69) is 15.5 Å². The zero-order valence-electron chi connectivity index (χ0n) is 15.5. The number of carbonyl (C=O) groups is 2. The molecule has 0 aromatic heterocycles. The highest BCUT2D eigenvalue weighted by atomic mass is 32.2. The van der Waals surface area contributed by atoms with Crippen molar-refractivity contribution < 1.29 is 19.2 Å². The number of nitro benzene ring substituents is 1. The van der Waals surface area contributed by atoms with E-state index in [1.165, 1.54) is 12.1 Å². The maximum Gasteiger partial charge on any atom is 0.338 e. The normalized spacial score (nSPS) is 20.3. The number of nitro groups is 1. The molecule has 1 atom stereocenters. The zero-order valence-corrected chi connectivity index (χ0v) is 16.3. The molecule has 1 aromatic carbocycles. The Morgan fingerprint density at radius 1 is 1.32 bits per heavy atom. The summed E-state index contributed by atoms with van der Waals surface area (Å²) in [5.74, 6) is 1.49. The van der Waals surface area contributed by atoms with E-state index in [0.29, 0.717) is 23.4 Å². The fraction of sp³-hybridized carbons (Fsp3) is 0.444. The predicted octanol–water partition coefficient (Wildman–Crippen LogP) is 1.81. The maximum atomic E-state index is 12.7. The van der Waals surface area contributed by atoms with Gasteiger partial charge in [0.25, 0.3) is 5.69 Å². The summed E-state index contributed by atoms with van der Waals surface area (Å²) >= 11 is 1.87. The molecule has 0 saturated carbocycles. The first kappa shape index (κ1) is 20.2. The van der Waals surface area contributed by atoms with E-state index in [0.717, 1.165) is 24.6 Å². The Balaban J connectivity index is 1.97. The number of hydrogen-bond acceptors (Lipinski definition) is 7. The summed E-state index contributed by atoms with van der Waals surface area (Å²) in [7, 11) is 0. The first-order chi connectivity index (χ1) is 13.5. The third-order valence-corrected chi connectivity index (χ3v) is 5.51. The minimum Gasteiger partial charge on any atom is -0.463 e. The number of ether oxygens (including phenoxy) is 1. The molecule has 2 heterocycles. The van der Waals surface area contributed by atoms with Crippen molar-refractivity contribution in [2.24, 2.45) is 0 Å². The van der Waals surface area contributed by atoms with Crippen LogP contribution in [0.5, 0.6) is 0 Å². The molecule has 0 unspecified atom stereocenters. The lowest BCUT2D eigenvalue weighted by Gasteiger charge is -2.33. The quantitative estimate of drug-likeness (QED) is 0.421. The molecule has 2 N–H and O–H groups in total. The molecule has 0 aliphatic carbocycles. The van der Waals surface area contributed by atoms with Gasteiger partial charge in [0.2, 0.25) is 0 Å². The fourth-order valence-electron chi connectivity index (χ4n) is 3.21. The summed E-state index contributed by atoms with van der Waals surface area (Å²) < 4.78 is 5.23. The Hall–Kier alpha value is -2.59. The molecule has 1 aromatic rings. The van der Waals surface area contributed by atoms with Gasteiger partial charge in [0.1, 0.15) is 0 Å². The third kappa shape index (κ3) is 4.63. The number of carbonyl (C=O) groups excluding carboxylic acids is 2. The van der Waals surface area contributed by atoms with E-state index in [1.807, 2.05) is 11.8 Å². The number of rotatable bonds is 6. The van der Waals surface area contributed by atoms with Gasteiger partial charge in [0, 0.05) is 49.0 Å². The number of esters is 1. The van der Waals surface area contributed by atoms with Crippen LogP contribution in [0.1, 0.15) is 18.5 Å². The molecule has 2 aliphatic rings. The monoisotopic (exact) mass is 406 g/mol. The van der Waals surface area contributed by atoms with Gasteiger partial charge in [0.15, 0.2) is 0 Å². The van der Waals surface area contributed by atoms with E-state index < -0.39 is 23.0 Å². The molecule has 1 saturated heterocycles. The summed E-state index contributed by atoms with van der Waals surface area (Å²) in [6.45, 7) is 4.10. The molecule has 1 fully saturated rings. The molecule has 150 valence electrons. The van der Waals surface area contributed by atoms with E-state index in [1.54, 1.807) is 19.1 Å². The number of nitrogens with one attached hydrogen (secondary N) is 2. The van der Waals surface area contributed by atoms with Crippen molar-refractivity contribution in [3.63, 3.8) is 0 Å². The first-order valence-electron chi connectivity index (χ1n) is 9.01. The van der Waals surface area contributed by atoms with Crippen LogP contribution < -0.4 is 10.6 Å². The van der Waals surface area contributed by atoms with Crippen LogP contribution in [-0.2, 0) is 9.53 Å². The lowest BCUT2D eigenvalue weighted by atomic mass is 9.94. The standard InChI is InChI=1S/C18H22N4O5S/c1-2-27-17(23)15-14(11-21-7-9-28-10-8-21)19-18(24)20-16(15)12-3-5-13(6-4-12)22(25)26/h3-6,16H,2,7-11H2,1H3,(H2,19,20,24)/t16-/m0/s1. The van der Waals surface area contributed by atoms with Gasteiger partial charge in [-0.25, -0.2) is 9.59 Å². The highest BCUT2D eigenvalue weighted by Gasteiger charge is 2.34. The van der Waals surface area contributed by atoms with Crippen LogP contribution in [0, 0.1) is 10.1 Å². The number of thioether (sulfide) groups is 1. The first-order valence-corrected chi connectivity index (χ1v) is 10.2. The van der Waals surface area contributed by atoms with E-state index in [4.69, 9.17) is 4.74 Å². The Morgan fingerprint density at radius 2 is 2.00 bits per heavy atom. The fourth-order valence-corrected chi connectivity index (χ4v) is 4.19. The third-order valence-electron chi connectivity index (χ3n) is 4.57. The molecule has 10 heteroatoms. The van der Waals surface area contributed by atoms with Crippen molar-refractivity contribution in [3.05, 3.63) is 51.2 Å². The van der Waals surface area contributed by atoms with Crippen LogP contribution in [0.4, 0.5) is 10.5 Å². The number of non-ortho nitro benzene ring substituents is 1. The molecular weight excluding hydrogens is 384 g/mol. The van der Waals surface area contributed by atoms with E-state index in [-0.39, 0.29) is 12.3 Å². The van der Waals surface area contributed by atoms with Gasteiger partial charge in [-0.2, -0.15) is 11.8 Å². The lowest BCUT2D eigenvalue weighted by Crippen LogP contribution is -2.49. The van der Waals surface area contributed by atoms with Crippen LogP contribution in [-0.4, -0.2) is 59.6 Å². The van der Waals surface area contributed by atoms with Gasteiger partial charge in [0.05, 0.1) is 23.1 Å². The second-order valence-electron chi connectivity index (χ2n) is 6.38. The number of hydrogen-bond donors (Lipinski definition) is 2. The van der Waals surface area contributed by atoms with Crippen LogP contribution in [0.15, 0.2) is 35.5 Å². The molecular formula is C18H22N4O5S. The van der Waals surface area contributed by atoms with Gasteiger partial charge in [-0.3, -0.25) is 15.0 Å². The van der Waals surface area contributed by atoms with Gasteiger partial charge in [-0.1, -0.05) is 0 Å². The second kappa shape index (κ2) is 9.07. The SMILES string of the molecule is CCOC(=O)C1=C(CN2CCSCC2)NC(=O)N[C@H]1c1ccc([N+](=O)[O-])cc1. The number of benzene rings is 1. The largest absolute Gasteiger partial charge is 0.463 e. The summed E-state index contributed by atoms with van der Waals surface area (Å²) in [5, 5.41) is 16.4. The predicted molar refractivity (Wildman–Crippen MR) is 105 cm³/mol. The minimum atomic E-state index is -0.734. The number of urea groups is 1. The second-order valence-corrected chi connectivity index (χ2v) is 7.61. The van der Waals surface area contributed by atoms with Crippen LogP contribution in [0.2, 0.25) is 0 Å². The Kier molecular flexibility index (Phi) is 6.53. The average molecular weight is 406 g/mol. The van der Waals surface area contributed by atoms with Gasteiger partial charge in [-0.15, -0.1) is 0 Å². The summed E-state index contributed by atoms with van der Waals surface area (Å²) in [6, 6.07) is 4.65. The average Bonchev–Trinajstić information content (AvgIpc) is 2.68. The van der Waals surface area contributed by atoms with Crippen LogP contribution in [0.25, 0.3) is 0 Å². The van der Waals surface area contributed by atoms with Crippen molar-refractivity contribution in [1.29, 1.82) is 0 Å². The molecule has 2 amide bonds. The molecule has 0 spiro atoms. The van der Waals surface area contributed by atoms with Gasteiger partial charge >= 0.3 is 12.0 Å². The van der Waals surface area contributed by atoms with Crippen molar-refractivity contribution in [1.82, 2.24) is 15.5 Å². The molecule has 2 aliphatic heterocycles. The van der Waals surface area contributed by atoms with Crippen LogP contribution >= 0.6 is 11.8 Å². The molecule has 0 radical (unpaired) electrons. The van der Waals surface area contributed by atoms with Crippen molar-refractivity contribution >= 4 is 29.4 Å². The number of nitrogens with zero attached hydrogens (tertiary/aromatic N) is 2. The number of amides is 2. The summed E-state index contributed by atoms with van der Waals surface area (Å²) in [4.78, 5) is 37.6. The van der Waals surface area contributed by atoms with Crippen molar-refractivity contribution in [2.75, 3.05) is 37.7 Å². The van der Waals surface area contributed by atoms with E-state index in [9.17, 15) is 19.7 Å². The maximum absolute atomic E-state index is 12.7. The van der Waals surface area contributed by atoms with Gasteiger partial charge in [-0.05, 0) is 24.6 Å². The molecule has 3 rings (SSSR count). The smallest absolute Gasteiger partial charge is 0.338 e. The van der Waals surface area contributed by atoms with Gasteiger partial charge < -0.3 is 15.4 Å². The molecule has 0 bridgehead atoms. The lowest BCUT2D eigenvalue weighted by molar-refractivity contribution is -0.384. The zero-order chi connectivity index (χ0) is 20.1. The molecule has 28 heavy (non-hydrogen) atoms. The van der Waals surface area contributed by atoms with E-state index >= 15 is 0 Å². The summed E-state index contributed by atoms with van der Waals surface area (Å²) in [6.07, 6.45) is 0. The van der Waals surface area contributed by atoms with Crippen molar-refractivity contribution in [2.45, 2.75) is 13.0 Å².